The van der Waals surface area contributed by atoms with Gasteiger partial charge < -0.3 is 10.2 Å². The third kappa shape index (κ3) is 4.39. The summed E-state index contributed by atoms with van der Waals surface area (Å²) in [5.41, 5.74) is 0.503. The monoisotopic (exact) mass is 332 g/mol. The molecule has 0 spiro atoms. The molecule has 1 aliphatic rings. The molecule has 1 amide bonds. The van der Waals surface area contributed by atoms with E-state index in [-0.39, 0.29) is 11.7 Å². The number of hydrogen-bond donors (Lipinski definition) is 1. The molecule has 2 aromatic rings. The fourth-order valence-electron chi connectivity index (χ4n) is 3.00. The van der Waals surface area contributed by atoms with Gasteiger partial charge in [0.05, 0.1) is 0 Å². The summed E-state index contributed by atoms with van der Waals surface area (Å²) in [7, 11) is 0. The van der Waals surface area contributed by atoms with Crippen LogP contribution in [-0.2, 0) is 0 Å². The van der Waals surface area contributed by atoms with Crippen molar-refractivity contribution >= 4 is 17.2 Å². The van der Waals surface area contributed by atoms with Crippen LogP contribution in [0.25, 0.3) is 0 Å². The summed E-state index contributed by atoms with van der Waals surface area (Å²) in [5, 5.41) is 5.05. The van der Waals surface area contributed by atoms with E-state index in [0.717, 1.165) is 19.6 Å². The molecular weight excluding hydrogens is 311 g/mol. The number of nitrogens with one attached hydrogen (secondary N) is 1. The molecule has 1 aromatic carbocycles. The predicted molar refractivity (Wildman–Crippen MR) is 91.5 cm³/mol. The van der Waals surface area contributed by atoms with E-state index in [1.54, 1.807) is 0 Å². The minimum Gasteiger partial charge on any atom is -0.351 e. The summed E-state index contributed by atoms with van der Waals surface area (Å²) in [6, 6.07) is 9.99. The zero-order chi connectivity index (χ0) is 16.1. The SMILES string of the molecule is O=C(NCCN1CCC(c2cccs2)CC1)c1ccc(F)cc1. The number of piperidine rings is 1. The summed E-state index contributed by atoms with van der Waals surface area (Å²) in [6.45, 7) is 3.65. The summed E-state index contributed by atoms with van der Waals surface area (Å²) >= 11 is 1.85. The summed E-state index contributed by atoms with van der Waals surface area (Å²) < 4.78 is 12.8. The van der Waals surface area contributed by atoms with Gasteiger partial charge in [-0.2, -0.15) is 0 Å². The number of halogens is 1. The van der Waals surface area contributed by atoms with Crippen molar-refractivity contribution in [2.75, 3.05) is 26.2 Å². The maximum atomic E-state index is 12.8. The van der Waals surface area contributed by atoms with Gasteiger partial charge in [-0.15, -0.1) is 11.3 Å². The van der Waals surface area contributed by atoms with Crippen LogP contribution in [-0.4, -0.2) is 37.0 Å². The molecule has 1 saturated heterocycles. The Morgan fingerprint density at radius 3 is 2.61 bits per heavy atom. The molecule has 2 heterocycles. The van der Waals surface area contributed by atoms with E-state index in [9.17, 15) is 9.18 Å². The van der Waals surface area contributed by atoms with Crippen LogP contribution in [0.15, 0.2) is 41.8 Å². The number of rotatable bonds is 5. The molecule has 0 radical (unpaired) electrons. The fourth-order valence-corrected chi connectivity index (χ4v) is 3.90. The Labute approximate surface area is 140 Å². The molecule has 122 valence electrons. The summed E-state index contributed by atoms with van der Waals surface area (Å²) in [6.07, 6.45) is 2.37. The highest BCUT2D eigenvalue weighted by Gasteiger charge is 2.20. The van der Waals surface area contributed by atoms with Crippen molar-refractivity contribution in [3.05, 3.63) is 58.0 Å². The van der Waals surface area contributed by atoms with Gasteiger partial charge in [-0.25, -0.2) is 4.39 Å². The molecule has 1 N–H and O–H groups in total. The predicted octanol–water partition coefficient (Wildman–Crippen LogP) is 3.50. The highest BCUT2D eigenvalue weighted by molar-refractivity contribution is 7.10. The third-order valence-corrected chi connectivity index (χ3v) is 5.39. The molecule has 1 aromatic heterocycles. The Bertz CT molecular complexity index is 619. The first-order valence-electron chi connectivity index (χ1n) is 8.02. The lowest BCUT2D eigenvalue weighted by molar-refractivity contribution is 0.0946. The van der Waals surface area contributed by atoms with Crippen LogP contribution in [0, 0.1) is 5.82 Å². The number of carbonyl (C=O) groups excluding carboxylic acids is 1. The molecule has 23 heavy (non-hydrogen) atoms. The highest BCUT2D eigenvalue weighted by Crippen LogP contribution is 2.30. The smallest absolute Gasteiger partial charge is 0.251 e. The van der Waals surface area contributed by atoms with Crippen molar-refractivity contribution in [3.63, 3.8) is 0 Å². The van der Waals surface area contributed by atoms with E-state index in [2.05, 4.69) is 27.7 Å². The minimum absolute atomic E-state index is 0.140. The molecular formula is C18H21FN2OS. The van der Waals surface area contributed by atoms with Gasteiger partial charge in [0.1, 0.15) is 5.82 Å². The van der Waals surface area contributed by atoms with Crippen LogP contribution >= 0.6 is 11.3 Å². The second kappa shape index (κ2) is 7.70. The molecule has 0 unspecified atom stereocenters. The van der Waals surface area contributed by atoms with Gasteiger partial charge in [-0.1, -0.05) is 6.07 Å². The van der Waals surface area contributed by atoms with Gasteiger partial charge in [0.2, 0.25) is 0 Å². The normalized spacial score (nSPS) is 16.4. The van der Waals surface area contributed by atoms with Gasteiger partial charge in [-0.05, 0) is 67.6 Å². The lowest BCUT2D eigenvalue weighted by Gasteiger charge is -2.31. The number of benzene rings is 1. The Morgan fingerprint density at radius 1 is 1.22 bits per heavy atom. The van der Waals surface area contributed by atoms with Crippen molar-refractivity contribution < 1.29 is 9.18 Å². The largest absolute Gasteiger partial charge is 0.351 e. The van der Waals surface area contributed by atoms with Crippen LogP contribution in [0.4, 0.5) is 4.39 Å². The number of amides is 1. The van der Waals surface area contributed by atoms with Gasteiger partial charge in [0, 0.05) is 23.5 Å². The van der Waals surface area contributed by atoms with Gasteiger partial charge in [0.25, 0.3) is 5.91 Å². The van der Waals surface area contributed by atoms with Crippen molar-refractivity contribution in [1.82, 2.24) is 10.2 Å². The first-order chi connectivity index (χ1) is 11.2. The number of carbonyl (C=O) groups is 1. The Morgan fingerprint density at radius 2 is 1.96 bits per heavy atom. The van der Waals surface area contributed by atoms with Crippen molar-refractivity contribution in [2.24, 2.45) is 0 Å². The van der Waals surface area contributed by atoms with Crippen molar-refractivity contribution in [1.29, 1.82) is 0 Å². The summed E-state index contributed by atoms with van der Waals surface area (Å²) in [4.78, 5) is 15.8. The molecule has 1 aliphatic heterocycles. The van der Waals surface area contributed by atoms with E-state index >= 15 is 0 Å². The van der Waals surface area contributed by atoms with E-state index < -0.39 is 0 Å². The fraction of sp³-hybridized carbons (Fsp3) is 0.389. The van der Waals surface area contributed by atoms with E-state index in [4.69, 9.17) is 0 Å². The van der Waals surface area contributed by atoms with Crippen molar-refractivity contribution in [3.8, 4) is 0 Å². The van der Waals surface area contributed by atoms with E-state index in [1.165, 1.54) is 42.0 Å². The molecule has 5 heteroatoms. The molecule has 0 atom stereocenters. The third-order valence-electron chi connectivity index (χ3n) is 4.35. The maximum absolute atomic E-state index is 12.8. The Kier molecular flexibility index (Phi) is 5.41. The zero-order valence-corrected chi connectivity index (χ0v) is 13.8. The highest BCUT2D eigenvalue weighted by atomic mass is 32.1. The Balaban J connectivity index is 1.38. The second-order valence-electron chi connectivity index (χ2n) is 5.89. The van der Waals surface area contributed by atoms with Gasteiger partial charge >= 0.3 is 0 Å². The molecule has 0 saturated carbocycles. The molecule has 0 bridgehead atoms. The van der Waals surface area contributed by atoms with Gasteiger partial charge in [0.15, 0.2) is 0 Å². The number of nitrogens with zero attached hydrogens (tertiary/aromatic N) is 1. The summed E-state index contributed by atoms with van der Waals surface area (Å²) in [5.74, 6) is 0.230. The van der Waals surface area contributed by atoms with Crippen molar-refractivity contribution in [2.45, 2.75) is 18.8 Å². The second-order valence-corrected chi connectivity index (χ2v) is 6.87. The van der Waals surface area contributed by atoms with Crippen LogP contribution < -0.4 is 5.32 Å². The van der Waals surface area contributed by atoms with Crippen LogP contribution in [0.2, 0.25) is 0 Å². The van der Waals surface area contributed by atoms with Crippen LogP contribution in [0.1, 0.15) is 34.0 Å². The Hall–Kier alpha value is -1.72. The number of likely N-dealkylation sites (tertiary alicyclic amines) is 1. The van der Waals surface area contributed by atoms with Crippen LogP contribution in [0.3, 0.4) is 0 Å². The quantitative estimate of drug-likeness (QED) is 0.909. The van der Waals surface area contributed by atoms with E-state index in [0.29, 0.717) is 18.0 Å². The molecule has 0 aliphatic carbocycles. The molecule has 3 nitrogen and oxygen atoms in total. The topological polar surface area (TPSA) is 32.3 Å². The average molecular weight is 332 g/mol. The minimum atomic E-state index is -0.324. The first-order valence-corrected chi connectivity index (χ1v) is 8.90. The number of thiophene rings is 1. The molecule has 3 rings (SSSR count). The lowest BCUT2D eigenvalue weighted by atomic mass is 9.95. The van der Waals surface area contributed by atoms with Crippen LogP contribution in [0.5, 0.6) is 0 Å². The standard InChI is InChI=1S/C18H21FN2OS/c19-16-5-3-15(4-6-16)18(22)20-9-12-21-10-7-14(8-11-21)17-2-1-13-23-17/h1-6,13-14H,7-12H2,(H,20,22). The first kappa shape index (κ1) is 16.1. The van der Waals surface area contributed by atoms with E-state index in [1.807, 2.05) is 11.3 Å². The molecule has 1 fully saturated rings. The maximum Gasteiger partial charge on any atom is 0.251 e. The lowest BCUT2D eigenvalue weighted by Crippen LogP contribution is -2.39. The zero-order valence-electron chi connectivity index (χ0n) is 13.0. The van der Waals surface area contributed by atoms with Gasteiger partial charge in [-0.3, -0.25) is 4.79 Å². The number of hydrogen-bond acceptors (Lipinski definition) is 3. The average Bonchev–Trinajstić information content (AvgIpc) is 3.10.